The lowest BCUT2D eigenvalue weighted by molar-refractivity contribution is -0.137. The van der Waals surface area contributed by atoms with Gasteiger partial charge in [0.25, 0.3) is 5.91 Å². The molecule has 2 fully saturated rings. The molecule has 2 aromatic carbocycles. The fourth-order valence-electron chi connectivity index (χ4n) is 5.73. The van der Waals surface area contributed by atoms with Crippen LogP contribution in [0.15, 0.2) is 71.0 Å². The summed E-state index contributed by atoms with van der Waals surface area (Å²) in [6.07, 6.45) is 4.87. The molecule has 0 unspecified atom stereocenters. The minimum atomic E-state index is -0.561. The molecule has 2 heterocycles. The highest BCUT2D eigenvalue weighted by Gasteiger charge is 2.49. The molecular weight excluding hydrogens is 538 g/mol. The van der Waals surface area contributed by atoms with Crippen molar-refractivity contribution in [2.45, 2.75) is 44.7 Å². The topological polar surface area (TPSA) is 126 Å². The first-order valence-electron chi connectivity index (χ1n) is 13.8. The molecule has 9 nitrogen and oxygen atoms in total. The molecule has 1 spiro atoms. The van der Waals surface area contributed by atoms with Gasteiger partial charge in [-0.05, 0) is 67.1 Å². The summed E-state index contributed by atoms with van der Waals surface area (Å²) in [4.78, 5) is 46.1. The average Bonchev–Trinajstić information content (AvgIpc) is 3.76. The van der Waals surface area contributed by atoms with Gasteiger partial charge < -0.3 is 26.0 Å². The number of carbonyl (C=O) groups is 3. The Hall–Kier alpha value is -4.18. The van der Waals surface area contributed by atoms with Crippen LogP contribution in [0.4, 0.5) is 0 Å². The number of aliphatic imine (C=N–C) groups is 1. The van der Waals surface area contributed by atoms with E-state index >= 15 is 0 Å². The zero-order chi connectivity index (χ0) is 28.8. The van der Waals surface area contributed by atoms with E-state index in [9.17, 15) is 14.4 Å². The van der Waals surface area contributed by atoms with Gasteiger partial charge in [-0.2, -0.15) is 0 Å². The monoisotopic (exact) mass is 573 g/mol. The van der Waals surface area contributed by atoms with E-state index in [0.717, 1.165) is 36.1 Å². The van der Waals surface area contributed by atoms with Crippen LogP contribution in [0.2, 0.25) is 0 Å². The molecule has 1 atom stereocenters. The third-order valence-corrected chi connectivity index (χ3v) is 8.86. The third kappa shape index (κ3) is 6.77. The summed E-state index contributed by atoms with van der Waals surface area (Å²) in [5.41, 5.74) is 7.12. The number of para-hydroxylation sites is 1. The quantitative estimate of drug-likeness (QED) is 0.263. The van der Waals surface area contributed by atoms with Crippen molar-refractivity contribution < 1.29 is 19.1 Å². The van der Waals surface area contributed by atoms with Crippen molar-refractivity contribution >= 4 is 34.9 Å². The first-order chi connectivity index (χ1) is 19.9. The maximum Gasteiger partial charge on any atom is 0.251 e. The van der Waals surface area contributed by atoms with Gasteiger partial charge in [0.1, 0.15) is 23.4 Å². The van der Waals surface area contributed by atoms with E-state index in [-0.39, 0.29) is 29.7 Å². The number of hydrogen-bond donors (Lipinski definition) is 3. The summed E-state index contributed by atoms with van der Waals surface area (Å²) >= 11 is 1.50. The first-order valence-corrected chi connectivity index (χ1v) is 14.7. The van der Waals surface area contributed by atoms with Crippen molar-refractivity contribution in [2.24, 2.45) is 16.1 Å². The number of amidine groups is 1. The number of nitrogens with two attached hydrogens (primary N) is 1. The summed E-state index contributed by atoms with van der Waals surface area (Å²) < 4.78 is 5.78. The molecule has 2 aliphatic rings. The molecule has 214 valence electrons. The number of rotatable bonds is 9. The van der Waals surface area contributed by atoms with Crippen LogP contribution < -0.4 is 21.1 Å². The van der Waals surface area contributed by atoms with Gasteiger partial charge in [-0.25, -0.2) is 0 Å². The Bertz CT molecular complexity index is 1410. The molecule has 0 radical (unpaired) electrons. The summed E-state index contributed by atoms with van der Waals surface area (Å²) in [5.74, 6) is 0.982. The molecule has 5 rings (SSSR count). The van der Waals surface area contributed by atoms with E-state index in [2.05, 4.69) is 15.6 Å². The molecule has 1 saturated carbocycles. The lowest BCUT2D eigenvalue weighted by Crippen LogP contribution is -2.48. The van der Waals surface area contributed by atoms with E-state index in [1.54, 1.807) is 36.2 Å². The molecule has 1 saturated heterocycles. The highest BCUT2D eigenvalue weighted by atomic mass is 32.1. The van der Waals surface area contributed by atoms with Crippen LogP contribution in [0.5, 0.6) is 11.5 Å². The van der Waals surface area contributed by atoms with Gasteiger partial charge in [-0.1, -0.05) is 31.0 Å². The summed E-state index contributed by atoms with van der Waals surface area (Å²) in [6, 6.07) is 17.5. The number of likely N-dealkylation sites (tertiary alicyclic amines) is 1. The number of nitrogens with zero attached hydrogens (tertiary/aromatic N) is 2. The van der Waals surface area contributed by atoms with Gasteiger partial charge in [0.2, 0.25) is 11.8 Å². The largest absolute Gasteiger partial charge is 0.457 e. The fourth-order valence-corrected chi connectivity index (χ4v) is 6.54. The Kier molecular flexibility index (Phi) is 8.68. The van der Waals surface area contributed by atoms with Crippen LogP contribution in [-0.4, -0.2) is 54.6 Å². The van der Waals surface area contributed by atoms with Crippen LogP contribution in [0, 0.1) is 5.41 Å². The maximum absolute atomic E-state index is 13.4. The second kappa shape index (κ2) is 12.6. The molecule has 1 aliphatic carbocycles. The van der Waals surface area contributed by atoms with Gasteiger partial charge in [-0.15, -0.1) is 11.3 Å². The molecule has 3 aromatic rings. The van der Waals surface area contributed by atoms with Crippen LogP contribution >= 0.6 is 11.3 Å². The zero-order valence-corrected chi connectivity index (χ0v) is 23.9. The molecule has 3 amide bonds. The van der Waals surface area contributed by atoms with E-state index < -0.39 is 6.04 Å². The van der Waals surface area contributed by atoms with Crippen molar-refractivity contribution in [1.29, 1.82) is 0 Å². The third-order valence-electron chi connectivity index (χ3n) is 7.92. The maximum atomic E-state index is 13.4. The smallest absolute Gasteiger partial charge is 0.251 e. The lowest BCUT2D eigenvalue weighted by Gasteiger charge is -2.25. The predicted molar refractivity (Wildman–Crippen MR) is 159 cm³/mol. The Labute approximate surface area is 243 Å². The molecular formula is C31H35N5O4S. The van der Waals surface area contributed by atoms with Gasteiger partial charge in [-0.3, -0.25) is 19.4 Å². The second-order valence-corrected chi connectivity index (χ2v) is 11.7. The predicted octanol–water partition coefficient (Wildman–Crippen LogP) is 4.08. The van der Waals surface area contributed by atoms with Crippen molar-refractivity contribution in [3.63, 3.8) is 0 Å². The Balaban J connectivity index is 1.18. The Morgan fingerprint density at radius 1 is 1.02 bits per heavy atom. The zero-order valence-electron chi connectivity index (χ0n) is 23.1. The second-order valence-electron chi connectivity index (χ2n) is 10.7. The van der Waals surface area contributed by atoms with Crippen molar-refractivity contribution in [2.75, 3.05) is 20.1 Å². The average molecular weight is 574 g/mol. The van der Waals surface area contributed by atoms with Crippen LogP contribution in [0.25, 0.3) is 0 Å². The molecule has 1 aliphatic heterocycles. The minimum absolute atomic E-state index is 0.0294. The van der Waals surface area contributed by atoms with Crippen molar-refractivity contribution in [3.8, 4) is 11.5 Å². The van der Waals surface area contributed by atoms with Gasteiger partial charge in [0.15, 0.2) is 0 Å². The summed E-state index contributed by atoms with van der Waals surface area (Å²) in [7, 11) is 1.64. The van der Waals surface area contributed by atoms with Gasteiger partial charge >= 0.3 is 0 Å². The highest BCUT2D eigenvalue weighted by Crippen LogP contribution is 2.47. The number of amides is 3. The number of nitrogens with one attached hydrogen (secondary N) is 2. The lowest BCUT2D eigenvalue weighted by atomic mass is 9.84. The van der Waals surface area contributed by atoms with Crippen molar-refractivity contribution in [1.82, 2.24) is 15.5 Å². The van der Waals surface area contributed by atoms with Gasteiger partial charge in [0.05, 0.1) is 13.1 Å². The summed E-state index contributed by atoms with van der Waals surface area (Å²) in [6.45, 7) is 0.718. The van der Waals surface area contributed by atoms with Crippen LogP contribution in [-0.2, 0) is 16.1 Å². The molecule has 4 N–H and O–H groups in total. The molecule has 1 aromatic heterocycles. The minimum Gasteiger partial charge on any atom is -0.457 e. The van der Waals surface area contributed by atoms with Crippen molar-refractivity contribution in [3.05, 3.63) is 82.0 Å². The van der Waals surface area contributed by atoms with E-state index in [0.29, 0.717) is 42.4 Å². The number of hydrogen-bond acceptors (Lipinski definition) is 6. The van der Waals surface area contributed by atoms with Crippen LogP contribution in [0.3, 0.4) is 0 Å². The molecule has 0 bridgehead atoms. The standard InChI is InChI=1S/C31H35N5O4S/c1-33-28(32)22-15-25(41-19-22)17-34-30(39)26-16-31(13-5-6-14-31)20-36(26)27(37)18-35-29(38)21-9-11-24(12-10-21)40-23-7-3-2-4-8-23/h2-4,7-12,15,19,26H,5-6,13-14,16-18,20H2,1H3,(H2,32,33)(H,34,39)(H,35,38)/t26-/m0/s1. The van der Waals surface area contributed by atoms with E-state index in [1.807, 2.05) is 41.8 Å². The molecule has 41 heavy (non-hydrogen) atoms. The number of benzene rings is 2. The first kappa shape index (κ1) is 28.4. The Morgan fingerprint density at radius 3 is 2.44 bits per heavy atom. The molecule has 10 heteroatoms. The van der Waals surface area contributed by atoms with E-state index in [1.165, 1.54) is 11.3 Å². The normalized spacial score (nSPS) is 17.9. The summed E-state index contributed by atoms with van der Waals surface area (Å²) in [5, 5.41) is 7.66. The fraction of sp³-hybridized carbons (Fsp3) is 0.355. The number of thiophene rings is 1. The Morgan fingerprint density at radius 2 is 1.73 bits per heavy atom. The number of ether oxygens (including phenoxy) is 1. The van der Waals surface area contributed by atoms with Crippen LogP contribution in [0.1, 0.15) is 52.9 Å². The van der Waals surface area contributed by atoms with Gasteiger partial charge in [0, 0.05) is 35.0 Å². The number of carbonyl (C=O) groups excluding carboxylic acids is 3. The SMILES string of the molecule is CN=C(N)c1csc(CNC(=O)[C@@H]2CC3(CCCC3)CN2C(=O)CNC(=O)c2ccc(Oc3ccccc3)cc2)c1. The van der Waals surface area contributed by atoms with E-state index in [4.69, 9.17) is 10.5 Å². The highest BCUT2D eigenvalue weighted by molar-refractivity contribution is 7.10.